The van der Waals surface area contributed by atoms with Crippen molar-refractivity contribution < 1.29 is 14.2 Å². The molecular weight excluding hydrogens is 372 g/mol. The van der Waals surface area contributed by atoms with Gasteiger partial charge in [-0.1, -0.05) is 69.4 Å². The van der Waals surface area contributed by atoms with Crippen molar-refractivity contribution >= 4 is 5.76 Å². The first-order valence-electron chi connectivity index (χ1n) is 11.5. The number of unbranched alkanes of at least 4 members (excludes halogenated alkanes) is 2. The second-order valence-corrected chi connectivity index (χ2v) is 8.69. The number of hydrogen-bond acceptors (Lipinski definition) is 3. The van der Waals surface area contributed by atoms with Crippen LogP contribution in [0.25, 0.3) is 16.9 Å². The van der Waals surface area contributed by atoms with Gasteiger partial charge in [0.15, 0.2) is 6.79 Å². The van der Waals surface area contributed by atoms with Gasteiger partial charge in [-0.3, -0.25) is 0 Å². The Labute approximate surface area is 181 Å². The molecular formula is C27H34O3. The molecule has 0 aromatic heterocycles. The van der Waals surface area contributed by atoms with Crippen LogP contribution in [0, 0.1) is 6.92 Å². The van der Waals surface area contributed by atoms with Crippen LogP contribution in [0.2, 0.25) is 0 Å². The van der Waals surface area contributed by atoms with E-state index in [0.29, 0.717) is 11.9 Å². The third kappa shape index (κ3) is 4.73. The standard InChI is InChI=1S/C27H34O3/c1-4-5-7-10-21-16-25(29-18-28-22-11-8-6-9-12-22)27-24-15-19(2)13-14-23(24)20(3)30-26(27)17-21/h13-17,22H,3-12,18H2,1-2H3. The molecule has 1 aliphatic carbocycles. The van der Waals surface area contributed by atoms with Gasteiger partial charge < -0.3 is 14.2 Å². The fraction of sp³-hybridized carbons (Fsp3) is 0.481. The second-order valence-electron chi connectivity index (χ2n) is 8.69. The Morgan fingerprint density at radius 2 is 1.87 bits per heavy atom. The summed E-state index contributed by atoms with van der Waals surface area (Å²) in [5.74, 6) is 2.40. The fourth-order valence-electron chi connectivity index (χ4n) is 4.55. The fourth-order valence-corrected chi connectivity index (χ4v) is 4.55. The lowest BCUT2D eigenvalue weighted by Crippen LogP contribution is -2.19. The van der Waals surface area contributed by atoms with Crippen molar-refractivity contribution in [2.45, 2.75) is 77.7 Å². The molecule has 3 heteroatoms. The highest BCUT2D eigenvalue weighted by molar-refractivity contribution is 5.90. The predicted molar refractivity (Wildman–Crippen MR) is 123 cm³/mol. The van der Waals surface area contributed by atoms with Gasteiger partial charge in [0.2, 0.25) is 0 Å². The molecule has 2 aromatic rings. The Morgan fingerprint density at radius 3 is 2.67 bits per heavy atom. The summed E-state index contributed by atoms with van der Waals surface area (Å²) in [6.45, 7) is 8.79. The Balaban J connectivity index is 1.63. The first-order valence-corrected chi connectivity index (χ1v) is 11.5. The molecule has 1 fully saturated rings. The molecule has 0 N–H and O–H groups in total. The molecule has 1 saturated carbocycles. The molecule has 0 saturated heterocycles. The number of hydrogen-bond donors (Lipinski definition) is 0. The first-order chi connectivity index (χ1) is 14.7. The molecule has 0 unspecified atom stereocenters. The minimum atomic E-state index is 0.289. The van der Waals surface area contributed by atoms with Crippen molar-refractivity contribution in [3.8, 4) is 22.6 Å². The summed E-state index contributed by atoms with van der Waals surface area (Å²) in [5.41, 5.74) is 5.65. The van der Waals surface area contributed by atoms with E-state index >= 15 is 0 Å². The maximum Gasteiger partial charge on any atom is 0.189 e. The minimum Gasteiger partial charge on any atom is -0.467 e. The summed E-state index contributed by atoms with van der Waals surface area (Å²) >= 11 is 0. The third-order valence-corrected chi connectivity index (χ3v) is 6.24. The van der Waals surface area contributed by atoms with Crippen LogP contribution in [0.4, 0.5) is 0 Å². The van der Waals surface area contributed by atoms with E-state index in [-0.39, 0.29) is 6.79 Å². The highest BCUT2D eigenvalue weighted by atomic mass is 16.7. The predicted octanol–water partition coefficient (Wildman–Crippen LogP) is 7.44. The van der Waals surface area contributed by atoms with Crippen LogP contribution in [0.15, 0.2) is 36.9 Å². The highest BCUT2D eigenvalue weighted by Gasteiger charge is 2.25. The van der Waals surface area contributed by atoms with Crippen molar-refractivity contribution in [2.75, 3.05) is 6.79 Å². The summed E-state index contributed by atoms with van der Waals surface area (Å²) in [4.78, 5) is 0. The van der Waals surface area contributed by atoms with Gasteiger partial charge in [-0.25, -0.2) is 0 Å². The van der Waals surface area contributed by atoms with E-state index in [1.54, 1.807) is 0 Å². The van der Waals surface area contributed by atoms with E-state index in [0.717, 1.165) is 47.5 Å². The van der Waals surface area contributed by atoms with Gasteiger partial charge in [0.25, 0.3) is 0 Å². The molecule has 4 rings (SSSR count). The summed E-state index contributed by atoms with van der Waals surface area (Å²) in [6.07, 6.45) is 11.1. The van der Waals surface area contributed by atoms with Crippen LogP contribution < -0.4 is 9.47 Å². The van der Waals surface area contributed by atoms with Crippen LogP contribution in [-0.2, 0) is 11.2 Å². The molecule has 3 nitrogen and oxygen atoms in total. The largest absolute Gasteiger partial charge is 0.467 e. The average molecular weight is 407 g/mol. The van der Waals surface area contributed by atoms with E-state index in [1.165, 1.54) is 49.7 Å². The second kappa shape index (κ2) is 9.70. The van der Waals surface area contributed by atoms with E-state index in [9.17, 15) is 0 Å². The summed E-state index contributed by atoms with van der Waals surface area (Å²) in [7, 11) is 0. The van der Waals surface area contributed by atoms with Crippen molar-refractivity contribution in [3.63, 3.8) is 0 Å². The van der Waals surface area contributed by atoms with Crippen LogP contribution in [0.3, 0.4) is 0 Å². The number of aryl methyl sites for hydroxylation is 2. The van der Waals surface area contributed by atoms with Crippen molar-refractivity contribution in [1.29, 1.82) is 0 Å². The van der Waals surface area contributed by atoms with E-state index in [4.69, 9.17) is 14.2 Å². The minimum absolute atomic E-state index is 0.289. The Morgan fingerprint density at radius 1 is 1.03 bits per heavy atom. The lowest BCUT2D eigenvalue weighted by Gasteiger charge is -2.26. The van der Waals surface area contributed by atoms with Crippen molar-refractivity contribution in [3.05, 3.63) is 53.6 Å². The SMILES string of the molecule is C=C1Oc2cc(CCCCC)cc(OCOC3CCCCC3)c2-c2cc(C)ccc21. The van der Waals surface area contributed by atoms with Gasteiger partial charge in [0.1, 0.15) is 17.3 Å². The maximum absolute atomic E-state index is 6.25. The Bertz CT molecular complexity index is 893. The number of fused-ring (bicyclic) bond motifs is 3. The first kappa shape index (κ1) is 21.0. The number of ether oxygens (including phenoxy) is 3. The zero-order chi connectivity index (χ0) is 20.9. The third-order valence-electron chi connectivity index (χ3n) is 6.24. The van der Waals surface area contributed by atoms with Gasteiger partial charge in [0, 0.05) is 11.1 Å². The lowest BCUT2D eigenvalue weighted by molar-refractivity contribution is -0.0495. The van der Waals surface area contributed by atoms with Gasteiger partial charge >= 0.3 is 0 Å². The van der Waals surface area contributed by atoms with Crippen molar-refractivity contribution in [2.24, 2.45) is 0 Å². The van der Waals surface area contributed by atoms with Gasteiger partial charge in [-0.15, -0.1) is 0 Å². The van der Waals surface area contributed by atoms with Crippen LogP contribution in [0.1, 0.15) is 75.0 Å². The maximum atomic E-state index is 6.25. The zero-order valence-corrected chi connectivity index (χ0v) is 18.5. The Kier molecular flexibility index (Phi) is 6.79. The zero-order valence-electron chi connectivity index (χ0n) is 18.5. The quantitative estimate of drug-likeness (QED) is 0.337. The van der Waals surface area contributed by atoms with Crippen LogP contribution >= 0.6 is 0 Å². The average Bonchev–Trinajstić information content (AvgIpc) is 2.74. The number of rotatable bonds is 8. The molecule has 30 heavy (non-hydrogen) atoms. The van der Waals surface area contributed by atoms with Crippen molar-refractivity contribution in [1.82, 2.24) is 0 Å². The van der Waals surface area contributed by atoms with E-state index in [2.05, 4.69) is 50.8 Å². The Hall–Kier alpha value is -2.26. The van der Waals surface area contributed by atoms with Crippen LogP contribution in [0.5, 0.6) is 11.5 Å². The molecule has 2 aliphatic rings. The summed E-state index contributed by atoms with van der Waals surface area (Å²) in [5, 5.41) is 0. The molecule has 0 bridgehead atoms. The normalized spacial score (nSPS) is 16.0. The van der Waals surface area contributed by atoms with E-state index < -0.39 is 0 Å². The van der Waals surface area contributed by atoms with Gasteiger partial charge in [-0.2, -0.15) is 0 Å². The monoisotopic (exact) mass is 406 g/mol. The summed E-state index contributed by atoms with van der Waals surface area (Å²) in [6, 6.07) is 10.7. The highest BCUT2D eigenvalue weighted by Crippen LogP contribution is 2.48. The molecule has 2 aromatic carbocycles. The van der Waals surface area contributed by atoms with Crippen LogP contribution in [-0.4, -0.2) is 12.9 Å². The number of benzene rings is 2. The smallest absolute Gasteiger partial charge is 0.189 e. The molecule has 1 heterocycles. The molecule has 1 aliphatic heterocycles. The lowest BCUT2D eigenvalue weighted by atomic mass is 9.91. The van der Waals surface area contributed by atoms with Gasteiger partial charge in [0.05, 0.1) is 11.7 Å². The molecule has 0 amide bonds. The molecule has 160 valence electrons. The summed E-state index contributed by atoms with van der Waals surface area (Å²) < 4.78 is 18.5. The van der Waals surface area contributed by atoms with E-state index in [1.807, 2.05) is 0 Å². The molecule has 0 spiro atoms. The topological polar surface area (TPSA) is 27.7 Å². The molecule has 0 atom stereocenters. The molecule has 0 radical (unpaired) electrons. The van der Waals surface area contributed by atoms with Gasteiger partial charge in [-0.05, 0) is 50.3 Å².